The minimum atomic E-state index is -0.631. The van der Waals surface area contributed by atoms with Crippen molar-refractivity contribution in [1.82, 2.24) is 9.55 Å². The highest BCUT2D eigenvalue weighted by atomic mass is 16.8. The van der Waals surface area contributed by atoms with E-state index in [-0.39, 0.29) is 0 Å². The molecule has 1 spiro atoms. The summed E-state index contributed by atoms with van der Waals surface area (Å²) in [5.74, 6) is -0.631. The fourth-order valence-corrected chi connectivity index (χ4v) is 2.57. The van der Waals surface area contributed by atoms with Crippen LogP contribution in [0, 0.1) is 0 Å². The number of hydrogen-bond donors (Lipinski definition) is 1. The summed E-state index contributed by atoms with van der Waals surface area (Å²) in [6, 6.07) is 1.30. The molecule has 7 nitrogen and oxygen atoms in total. The molecule has 2 fully saturated rings. The quantitative estimate of drug-likeness (QED) is 0.774. The molecule has 0 unspecified atom stereocenters. The molecule has 2 saturated heterocycles. The lowest BCUT2D eigenvalue weighted by molar-refractivity contribution is -0.160. The van der Waals surface area contributed by atoms with Gasteiger partial charge in [-0.3, -0.25) is 14.3 Å². The topological polar surface area (TPSA) is 82.5 Å². The Labute approximate surface area is 109 Å². The summed E-state index contributed by atoms with van der Waals surface area (Å²) in [5.41, 5.74) is -1.41. The average molecular weight is 268 g/mol. The third kappa shape index (κ3) is 2.24. The Hall–Kier alpha value is -1.44. The molecule has 0 bridgehead atoms. The maximum atomic E-state index is 11.7. The van der Waals surface area contributed by atoms with Crippen LogP contribution in [-0.2, 0) is 14.2 Å². The number of H-pyrrole nitrogens is 1. The standard InChI is InChI=1S/C12H16N2O5/c1-11(2)18-7-12(19-11)5-9(17-6-12)14-4-3-8(15)13-10(14)16/h3-4,9H,5-7H2,1-2H3,(H,13,15,16)/t9-,12+/m0/s1. The molecule has 0 aliphatic carbocycles. The molecule has 0 saturated carbocycles. The summed E-state index contributed by atoms with van der Waals surface area (Å²) in [6.45, 7) is 4.50. The Balaban J connectivity index is 1.83. The number of rotatable bonds is 1. The van der Waals surface area contributed by atoms with E-state index in [1.54, 1.807) is 0 Å². The van der Waals surface area contributed by atoms with Gasteiger partial charge < -0.3 is 14.2 Å². The summed E-state index contributed by atoms with van der Waals surface area (Å²) in [6.07, 6.45) is 1.51. The van der Waals surface area contributed by atoms with E-state index in [4.69, 9.17) is 14.2 Å². The molecule has 2 aliphatic rings. The van der Waals surface area contributed by atoms with Gasteiger partial charge in [0.05, 0.1) is 13.2 Å². The molecule has 2 atom stereocenters. The number of hydrogen-bond acceptors (Lipinski definition) is 5. The summed E-state index contributed by atoms with van der Waals surface area (Å²) in [5, 5.41) is 0. The van der Waals surface area contributed by atoms with E-state index in [0.717, 1.165) is 0 Å². The highest BCUT2D eigenvalue weighted by Gasteiger charge is 2.51. The van der Waals surface area contributed by atoms with E-state index in [1.807, 2.05) is 13.8 Å². The zero-order valence-corrected chi connectivity index (χ0v) is 10.8. The van der Waals surface area contributed by atoms with Crippen LogP contribution in [0.1, 0.15) is 26.5 Å². The predicted octanol–water partition coefficient (Wildman–Crippen LogP) is -0.0228. The summed E-state index contributed by atoms with van der Waals surface area (Å²) < 4.78 is 18.4. The SMILES string of the molecule is CC1(C)OC[C@@]2(CO[C@H](n3ccc(=O)[nH]c3=O)C2)O1. The first kappa shape index (κ1) is 12.6. The monoisotopic (exact) mass is 268 g/mol. The normalized spacial score (nSPS) is 33.1. The van der Waals surface area contributed by atoms with E-state index in [0.29, 0.717) is 19.6 Å². The number of aromatic nitrogens is 2. The highest BCUT2D eigenvalue weighted by Crippen LogP contribution is 2.41. The van der Waals surface area contributed by atoms with Crippen LogP contribution < -0.4 is 11.2 Å². The lowest BCUT2D eigenvalue weighted by Gasteiger charge is -2.22. The molecule has 1 aromatic heterocycles. The van der Waals surface area contributed by atoms with Crippen molar-refractivity contribution in [3.63, 3.8) is 0 Å². The largest absolute Gasteiger partial charge is 0.355 e. The molecule has 0 radical (unpaired) electrons. The second-order valence-corrected chi connectivity index (χ2v) is 5.46. The Bertz CT molecular complexity index is 605. The number of aromatic amines is 1. The van der Waals surface area contributed by atoms with Gasteiger partial charge >= 0.3 is 5.69 Å². The molecule has 19 heavy (non-hydrogen) atoms. The third-order valence-electron chi connectivity index (χ3n) is 3.39. The van der Waals surface area contributed by atoms with Crippen LogP contribution in [0.25, 0.3) is 0 Å². The van der Waals surface area contributed by atoms with Gasteiger partial charge in [-0.2, -0.15) is 0 Å². The van der Waals surface area contributed by atoms with Crippen LogP contribution in [-0.4, -0.2) is 34.2 Å². The Morgan fingerprint density at radius 3 is 2.79 bits per heavy atom. The van der Waals surface area contributed by atoms with Gasteiger partial charge in [0.25, 0.3) is 5.56 Å². The van der Waals surface area contributed by atoms with Crippen molar-refractivity contribution in [2.45, 2.75) is 37.9 Å². The smallest absolute Gasteiger partial charge is 0.330 e. The molecular formula is C12H16N2O5. The van der Waals surface area contributed by atoms with Crippen molar-refractivity contribution in [2.75, 3.05) is 13.2 Å². The first-order chi connectivity index (χ1) is 8.89. The fourth-order valence-electron chi connectivity index (χ4n) is 2.57. The van der Waals surface area contributed by atoms with Gasteiger partial charge in [0.15, 0.2) is 5.79 Å². The van der Waals surface area contributed by atoms with Gasteiger partial charge in [-0.25, -0.2) is 4.79 Å². The van der Waals surface area contributed by atoms with Crippen molar-refractivity contribution >= 4 is 0 Å². The van der Waals surface area contributed by atoms with E-state index >= 15 is 0 Å². The van der Waals surface area contributed by atoms with Crippen LogP contribution in [0.4, 0.5) is 0 Å². The molecule has 1 aromatic rings. The zero-order valence-electron chi connectivity index (χ0n) is 10.8. The minimum absolute atomic E-state index is 0.368. The van der Waals surface area contributed by atoms with Crippen LogP contribution in [0.15, 0.2) is 21.9 Å². The Morgan fingerprint density at radius 2 is 2.16 bits per heavy atom. The maximum absolute atomic E-state index is 11.7. The number of ether oxygens (including phenoxy) is 3. The number of nitrogens with one attached hydrogen (secondary N) is 1. The number of nitrogens with zero attached hydrogens (tertiary/aromatic N) is 1. The molecule has 3 heterocycles. The summed E-state index contributed by atoms with van der Waals surface area (Å²) in [4.78, 5) is 25.0. The Morgan fingerprint density at radius 1 is 1.37 bits per heavy atom. The van der Waals surface area contributed by atoms with Gasteiger partial charge in [0.1, 0.15) is 11.8 Å². The first-order valence-electron chi connectivity index (χ1n) is 6.16. The van der Waals surface area contributed by atoms with Crippen molar-refractivity contribution in [2.24, 2.45) is 0 Å². The van der Waals surface area contributed by atoms with E-state index in [1.165, 1.54) is 16.8 Å². The fraction of sp³-hybridized carbons (Fsp3) is 0.667. The van der Waals surface area contributed by atoms with Gasteiger partial charge in [-0.1, -0.05) is 0 Å². The molecule has 104 valence electrons. The van der Waals surface area contributed by atoms with Crippen LogP contribution >= 0.6 is 0 Å². The molecular weight excluding hydrogens is 252 g/mol. The molecule has 1 N–H and O–H groups in total. The van der Waals surface area contributed by atoms with Crippen molar-refractivity contribution < 1.29 is 14.2 Å². The molecule has 3 rings (SSSR count). The molecule has 7 heteroatoms. The third-order valence-corrected chi connectivity index (χ3v) is 3.39. The van der Waals surface area contributed by atoms with E-state index < -0.39 is 28.9 Å². The van der Waals surface area contributed by atoms with Gasteiger partial charge in [0.2, 0.25) is 0 Å². The van der Waals surface area contributed by atoms with Crippen molar-refractivity contribution in [1.29, 1.82) is 0 Å². The van der Waals surface area contributed by atoms with E-state index in [9.17, 15) is 9.59 Å². The van der Waals surface area contributed by atoms with Crippen molar-refractivity contribution in [3.8, 4) is 0 Å². The van der Waals surface area contributed by atoms with Gasteiger partial charge in [-0.05, 0) is 13.8 Å². The lowest BCUT2D eigenvalue weighted by Crippen LogP contribution is -2.35. The van der Waals surface area contributed by atoms with Crippen LogP contribution in [0.3, 0.4) is 0 Å². The van der Waals surface area contributed by atoms with Crippen molar-refractivity contribution in [3.05, 3.63) is 33.1 Å². The molecule has 0 aromatic carbocycles. The van der Waals surface area contributed by atoms with Gasteiger partial charge in [-0.15, -0.1) is 0 Å². The van der Waals surface area contributed by atoms with Crippen LogP contribution in [0.2, 0.25) is 0 Å². The molecule has 0 amide bonds. The van der Waals surface area contributed by atoms with E-state index in [2.05, 4.69) is 4.98 Å². The minimum Gasteiger partial charge on any atom is -0.355 e. The second kappa shape index (κ2) is 4.03. The average Bonchev–Trinajstić information content (AvgIpc) is 2.83. The highest BCUT2D eigenvalue weighted by molar-refractivity contribution is 4.95. The second-order valence-electron chi connectivity index (χ2n) is 5.46. The Kier molecular flexibility index (Phi) is 2.67. The maximum Gasteiger partial charge on any atom is 0.330 e. The summed E-state index contributed by atoms with van der Waals surface area (Å²) in [7, 11) is 0. The van der Waals surface area contributed by atoms with Crippen LogP contribution in [0.5, 0.6) is 0 Å². The van der Waals surface area contributed by atoms with Gasteiger partial charge in [0, 0.05) is 18.7 Å². The predicted molar refractivity (Wildman–Crippen MR) is 64.8 cm³/mol. The molecule has 2 aliphatic heterocycles. The first-order valence-corrected chi connectivity index (χ1v) is 6.16. The lowest BCUT2D eigenvalue weighted by atomic mass is 10.0. The summed E-state index contributed by atoms with van der Waals surface area (Å²) >= 11 is 0. The zero-order chi connectivity index (χ0) is 13.7.